The van der Waals surface area contributed by atoms with Crippen LogP contribution in [0.1, 0.15) is 47.2 Å². The molecule has 5 heteroatoms. The number of hydrogen-bond acceptors (Lipinski definition) is 3. The maximum absolute atomic E-state index is 12.7. The Labute approximate surface area is 176 Å². The summed E-state index contributed by atoms with van der Waals surface area (Å²) in [4.78, 5) is 17.1. The first-order valence-electron chi connectivity index (χ1n) is 10.2. The Hall–Kier alpha value is -2.59. The summed E-state index contributed by atoms with van der Waals surface area (Å²) in [7, 11) is 0. The van der Waals surface area contributed by atoms with Crippen LogP contribution in [0.5, 0.6) is 0 Å². The molecule has 0 saturated heterocycles. The molecule has 4 rings (SSSR count). The van der Waals surface area contributed by atoms with Crippen molar-refractivity contribution in [2.24, 2.45) is 0 Å². The highest BCUT2D eigenvalue weighted by Gasteiger charge is 2.23. The predicted octanol–water partition coefficient (Wildman–Crippen LogP) is 5.66. The molecule has 4 nitrogen and oxygen atoms in total. The molecule has 2 N–H and O–H groups in total. The first-order valence-corrected chi connectivity index (χ1v) is 10.6. The molecule has 1 aliphatic rings. The number of aromatic nitrogens is 1. The molecule has 29 heavy (non-hydrogen) atoms. The van der Waals surface area contributed by atoms with E-state index in [1.807, 2.05) is 62.5 Å². The zero-order valence-electron chi connectivity index (χ0n) is 16.8. The highest BCUT2D eigenvalue weighted by Crippen LogP contribution is 2.28. The summed E-state index contributed by atoms with van der Waals surface area (Å²) >= 11 is 6.09. The number of benzene rings is 2. The lowest BCUT2D eigenvalue weighted by Crippen LogP contribution is -2.40. The molecule has 150 valence electrons. The molecular formula is C24H26ClN3O. The van der Waals surface area contributed by atoms with E-state index < -0.39 is 0 Å². The minimum absolute atomic E-state index is 0.0413. The Morgan fingerprint density at radius 3 is 2.59 bits per heavy atom. The van der Waals surface area contributed by atoms with E-state index in [0.29, 0.717) is 11.1 Å². The van der Waals surface area contributed by atoms with Gasteiger partial charge in [0.25, 0.3) is 5.91 Å². The van der Waals surface area contributed by atoms with Gasteiger partial charge in [0.05, 0.1) is 5.52 Å². The van der Waals surface area contributed by atoms with Crippen LogP contribution in [0, 0.1) is 13.8 Å². The standard InChI is InChI=1S/C24H26ClN3O/c1-15-4-3-5-20(16(15)2)24(29)28-19-9-7-18(8-10-19)27-22-12-13-26-23-14-17(25)6-11-21(22)23/h3-6,11-14,18-19H,7-10H2,1-2H3,(H,26,27)(H,28,29)/t18-,19+. The van der Waals surface area contributed by atoms with Gasteiger partial charge >= 0.3 is 0 Å². The molecular weight excluding hydrogens is 382 g/mol. The number of carbonyl (C=O) groups excluding carboxylic acids is 1. The summed E-state index contributed by atoms with van der Waals surface area (Å²) in [5.74, 6) is 0.0413. The van der Waals surface area contributed by atoms with E-state index in [1.165, 1.54) is 0 Å². The van der Waals surface area contributed by atoms with Gasteiger partial charge < -0.3 is 10.6 Å². The van der Waals surface area contributed by atoms with E-state index in [9.17, 15) is 4.79 Å². The summed E-state index contributed by atoms with van der Waals surface area (Å²) in [6.45, 7) is 4.05. The number of hydrogen-bond donors (Lipinski definition) is 2. The van der Waals surface area contributed by atoms with Crippen LogP contribution >= 0.6 is 11.6 Å². The quantitative estimate of drug-likeness (QED) is 0.586. The van der Waals surface area contributed by atoms with Crippen molar-refractivity contribution >= 4 is 34.1 Å². The van der Waals surface area contributed by atoms with Gasteiger partial charge in [-0.25, -0.2) is 0 Å². The number of fused-ring (bicyclic) bond motifs is 1. The van der Waals surface area contributed by atoms with Crippen LogP contribution in [0.3, 0.4) is 0 Å². The fourth-order valence-electron chi connectivity index (χ4n) is 4.11. The molecule has 1 aromatic heterocycles. The van der Waals surface area contributed by atoms with Crippen LogP contribution in [-0.2, 0) is 0 Å². The lowest BCUT2D eigenvalue weighted by Gasteiger charge is -2.30. The van der Waals surface area contributed by atoms with Gasteiger partial charge in [-0.2, -0.15) is 0 Å². The third-order valence-corrected chi connectivity index (χ3v) is 6.21. The maximum atomic E-state index is 12.7. The van der Waals surface area contributed by atoms with Crippen LogP contribution in [0.15, 0.2) is 48.7 Å². The highest BCUT2D eigenvalue weighted by molar-refractivity contribution is 6.31. The van der Waals surface area contributed by atoms with E-state index in [1.54, 1.807) is 0 Å². The molecule has 1 heterocycles. The Morgan fingerprint density at radius 1 is 1.03 bits per heavy atom. The van der Waals surface area contributed by atoms with E-state index in [4.69, 9.17) is 11.6 Å². The number of amides is 1. The van der Waals surface area contributed by atoms with Crippen LogP contribution in [0.4, 0.5) is 5.69 Å². The number of rotatable bonds is 4. The summed E-state index contributed by atoms with van der Waals surface area (Å²) in [5, 5.41) is 8.68. The second-order valence-electron chi connectivity index (χ2n) is 7.93. The van der Waals surface area contributed by atoms with Crippen molar-refractivity contribution in [2.45, 2.75) is 51.6 Å². The number of nitrogens with zero attached hydrogens (tertiary/aromatic N) is 1. The van der Waals surface area contributed by atoms with Crippen molar-refractivity contribution in [3.63, 3.8) is 0 Å². The first-order chi connectivity index (χ1) is 14.0. The summed E-state index contributed by atoms with van der Waals surface area (Å²) in [5.41, 5.74) is 4.99. The number of nitrogens with one attached hydrogen (secondary N) is 2. The van der Waals surface area contributed by atoms with Crippen LogP contribution in [-0.4, -0.2) is 23.0 Å². The van der Waals surface area contributed by atoms with E-state index in [2.05, 4.69) is 15.6 Å². The molecule has 1 amide bonds. The van der Waals surface area contributed by atoms with Gasteiger partial charge in [-0.15, -0.1) is 0 Å². The number of anilines is 1. The molecule has 0 unspecified atom stereocenters. The fourth-order valence-corrected chi connectivity index (χ4v) is 4.28. The minimum atomic E-state index is 0.0413. The molecule has 3 aromatic rings. The molecule has 0 radical (unpaired) electrons. The Bertz CT molecular complexity index is 1040. The smallest absolute Gasteiger partial charge is 0.251 e. The largest absolute Gasteiger partial charge is 0.382 e. The SMILES string of the molecule is Cc1cccc(C(=O)N[C@H]2CC[C@@H](Nc3ccnc4cc(Cl)ccc34)CC2)c1C. The lowest BCUT2D eigenvalue weighted by atomic mass is 9.90. The van der Waals surface area contributed by atoms with Gasteiger partial charge in [0.2, 0.25) is 0 Å². The van der Waals surface area contributed by atoms with E-state index in [0.717, 1.165) is 59.0 Å². The summed E-state index contributed by atoms with van der Waals surface area (Å²) in [6, 6.07) is 14.3. The number of carbonyl (C=O) groups is 1. The molecule has 0 bridgehead atoms. The lowest BCUT2D eigenvalue weighted by molar-refractivity contribution is 0.0926. The zero-order valence-corrected chi connectivity index (χ0v) is 17.6. The maximum Gasteiger partial charge on any atom is 0.251 e. The van der Waals surface area contributed by atoms with Crippen molar-refractivity contribution in [1.29, 1.82) is 0 Å². The molecule has 0 spiro atoms. The van der Waals surface area contributed by atoms with Gasteiger partial charge in [0.15, 0.2) is 0 Å². The average molecular weight is 408 g/mol. The van der Waals surface area contributed by atoms with Crippen LogP contribution in [0.2, 0.25) is 5.02 Å². The molecule has 1 fully saturated rings. The predicted molar refractivity (Wildman–Crippen MR) is 120 cm³/mol. The second-order valence-corrected chi connectivity index (χ2v) is 8.37. The third-order valence-electron chi connectivity index (χ3n) is 5.98. The van der Waals surface area contributed by atoms with Crippen molar-refractivity contribution in [3.8, 4) is 0 Å². The molecule has 0 atom stereocenters. The second kappa shape index (κ2) is 8.42. The van der Waals surface area contributed by atoms with Crippen LogP contribution < -0.4 is 10.6 Å². The highest BCUT2D eigenvalue weighted by atomic mass is 35.5. The molecule has 2 aromatic carbocycles. The first kappa shape index (κ1) is 19.7. The molecule has 1 saturated carbocycles. The van der Waals surface area contributed by atoms with Gasteiger partial charge in [-0.1, -0.05) is 23.7 Å². The Kier molecular flexibility index (Phi) is 5.72. The van der Waals surface area contributed by atoms with Crippen molar-refractivity contribution in [1.82, 2.24) is 10.3 Å². The van der Waals surface area contributed by atoms with Gasteiger partial charge in [-0.3, -0.25) is 9.78 Å². The normalized spacial score (nSPS) is 19.1. The van der Waals surface area contributed by atoms with Crippen molar-refractivity contribution < 1.29 is 4.79 Å². The Balaban J connectivity index is 1.36. The topological polar surface area (TPSA) is 54.0 Å². The van der Waals surface area contributed by atoms with Crippen molar-refractivity contribution in [3.05, 3.63) is 70.4 Å². The Morgan fingerprint density at radius 2 is 1.79 bits per heavy atom. The summed E-state index contributed by atoms with van der Waals surface area (Å²) in [6.07, 6.45) is 5.81. The average Bonchev–Trinajstić information content (AvgIpc) is 2.71. The minimum Gasteiger partial charge on any atom is -0.382 e. The summed E-state index contributed by atoms with van der Waals surface area (Å²) < 4.78 is 0. The molecule has 1 aliphatic carbocycles. The number of pyridine rings is 1. The zero-order chi connectivity index (χ0) is 20.4. The van der Waals surface area contributed by atoms with Crippen LogP contribution in [0.25, 0.3) is 10.9 Å². The number of halogens is 1. The number of aryl methyl sites for hydroxylation is 1. The van der Waals surface area contributed by atoms with Gasteiger partial charge in [-0.05, 0) is 81.0 Å². The van der Waals surface area contributed by atoms with Gasteiger partial charge in [0.1, 0.15) is 0 Å². The van der Waals surface area contributed by atoms with Gasteiger partial charge in [0, 0.05) is 39.9 Å². The van der Waals surface area contributed by atoms with E-state index in [-0.39, 0.29) is 11.9 Å². The van der Waals surface area contributed by atoms with E-state index >= 15 is 0 Å². The monoisotopic (exact) mass is 407 g/mol. The fraction of sp³-hybridized carbons (Fsp3) is 0.333. The third kappa shape index (κ3) is 4.38. The van der Waals surface area contributed by atoms with Crippen molar-refractivity contribution in [2.75, 3.05) is 5.32 Å². The molecule has 0 aliphatic heterocycles.